The summed E-state index contributed by atoms with van der Waals surface area (Å²) in [7, 11) is 2.20. The third kappa shape index (κ3) is 8.53. The van der Waals surface area contributed by atoms with E-state index in [0.29, 0.717) is 5.92 Å². The van der Waals surface area contributed by atoms with E-state index in [0.717, 1.165) is 18.9 Å². The lowest BCUT2D eigenvalue weighted by Crippen LogP contribution is -2.25. The monoisotopic (exact) mass is 213 g/mol. The van der Waals surface area contributed by atoms with Gasteiger partial charge in [-0.15, -0.1) is 0 Å². The van der Waals surface area contributed by atoms with Gasteiger partial charge in [-0.3, -0.25) is 0 Å². The van der Waals surface area contributed by atoms with Crippen LogP contribution < -0.4 is 0 Å². The molecule has 0 aromatic carbocycles. The molecule has 1 nitrogen and oxygen atoms in total. The molecule has 0 unspecified atom stereocenters. The van der Waals surface area contributed by atoms with Crippen molar-refractivity contribution in [1.82, 2.24) is 4.90 Å². The zero-order valence-corrected chi connectivity index (χ0v) is 12.1. The van der Waals surface area contributed by atoms with Crippen molar-refractivity contribution in [2.24, 2.45) is 11.8 Å². The van der Waals surface area contributed by atoms with E-state index < -0.39 is 0 Å². The van der Waals surface area contributed by atoms with Crippen molar-refractivity contribution in [2.75, 3.05) is 13.6 Å². The number of rotatable bonds is 5. The van der Waals surface area contributed by atoms with Crippen molar-refractivity contribution < 1.29 is 0 Å². The lowest BCUT2D eigenvalue weighted by Gasteiger charge is -2.27. The maximum atomic E-state index is 2.39. The Kier molecular flexibility index (Phi) is 11.4. The van der Waals surface area contributed by atoms with Crippen molar-refractivity contribution in [3.05, 3.63) is 11.8 Å². The van der Waals surface area contributed by atoms with Gasteiger partial charge in [0.2, 0.25) is 0 Å². The Morgan fingerprint density at radius 2 is 1.60 bits per heavy atom. The van der Waals surface area contributed by atoms with Gasteiger partial charge in [-0.2, -0.15) is 0 Å². The Morgan fingerprint density at radius 3 is 1.87 bits per heavy atom. The molecule has 0 fully saturated rings. The van der Waals surface area contributed by atoms with Crippen LogP contribution in [0.3, 0.4) is 0 Å². The molecule has 0 saturated carbocycles. The van der Waals surface area contributed by atoms with E-state index in [4.69, 9.17) is 0 Å². The molecule has 0 saturated heterocycles. The summed E-state index contributed by atoms with van der Waals surface area (Å²) in [6, 6.07) is 0. The van der Waals surface area contributed by atoms with Crippen molar-refractivity contribution in [3.63, 3.8) is 0 Å². The topological polar surface area (TPSA) is 3.24 Å². The van der Waals surface area contributed by atoms with Crippen LogP contribution in [0, 0.1) is 11.8 Å². The van der Waals surface area contributed by atoms with Crippen LogP contribution in [0.15, 0.2) is 11.8 Å². The zero-order chi connectivity index (χ0) is 12.4. The highest BCUT2D eigenvalue weighted by Gasteiger charge is 2.09. The molecule has 0 aliphatic rings. The fourth-order valence-electron chi connectivity index (χ4n) is 1.69. The SMILES string of the molecule is CC.CC/C=C(/C(C)C)N(C)CC(C)C. The van der Waals surface area contributed by atoms with Gasteiger partial charge in [0, 0.05) is 19.3 Å². The summed E-state index contributed by atoms with van der Waals surface area (Å²) < 4.78 is 0. The zero-order valence-electron chi connectivity index (χ0n) is 12.1. The average molecular weight is 213 g/mol. The second-order valence-corrected chi connectivity index (χ2v) is 4.47. The summed E-state index contributed by atoms with van der Waals surface area (Å²) in [5, 5.41) is 0. The second-order valence-electron chi connectivity index (χ2n) is 4.47. The second kappa shape index (κ2) is 10.1. The van der Waals surface area contributed by atoms with Crippen LogP contribution in [-0.2, 0) is 0 Å². The highest BCUT2D eigenvalue weighted by atomic mass is 15.1. The normalized spacial score (nSPS) is 11.5. The van der Waals surface area contributed by atoms with Crippen molar-refractivity contribution in [3.8, 4) is 0 Å². The minimum Gasteiger partial charge on any atom is -0.378 e. The predicted octanol–water partition coefficient (Wildman–Crippen LogP) is 4.55. The molecule has 0 aliphatic heterocycles. The van der Waals surface area contributed by atoms with Crippen LogP contribution in [0.25, 0.3) is 0 Å². The predicted molar refractivity (Wildman–Crippen MR) is 72.0 cm³/mol. The molecule has 0 N–H and O–H groups in total. The largest absolute Gasteiger partial charge is 0.378 e. The lowest BCUT2D eigenvalue weighted by molar-refractivity contribution is 0.330. The third-order valence-corrected chi connectivity index (χ3v) is 2.08. The van der Waals surface area contributed by atoms with E-state index in [1.54, 1.807) is 0 Å². The van der Waals surface area contributed by atoms with Crippen LogP contribution in [-0.4, -0.2) is 18.5 Å². The van der Waals surface area contributed by atoms with E-state index in [1.807, 2.05) is 13.8 Å². The molecule has 0 aromatic heterocycles. The van der Waals surface area contributed by atoms with Gasteiger partial charge in [0.1, 0.15) is 0 Å². The molecule has 92 valence electrons. The summed E-state index contributed by atoms with van der Waals surface area (Å²) >= 11 is 0. The summed E-state index contributed by atoms with van der Waals surface area (Å²) in [5.74, 6) is 1.38. The Bertz CT molecular complexity index is 157. The van der Waals surface area contributed by atoms with E-state index in [9.17, 15) is 0 Å². The highest BCUT2D eigenvalue weighted by Crippen LogP contribution is 2.15. The molecule has 0 radical (unpaired) electrons. The quantitative estimate of drug-likeness (QED) is 0.647. The first-order valence-corrected chi connectivity index (χ1v) is 6.40. The van der Waals surface area contributed by atoms with E-state index in [1.165, 1.54) is 5.70 Å². The molecule has 0 atom stereocenters. The molecule has 0 heterocycles. The smallest absolute Gasteiger partial charge is 0.0194 e. The Hall–Kier alpha value is -0.460. The Labute approximate surface area is 97.6 Å². The van der Waals surface area contributed by atoms with Crippen molar-refractivity contribution in [1.29, 1.82) is 0 Å². The van der Waals surface area contributed by atoms with E-state index in [2.05, 4.69) is 52.6 Å². The molecule has 1 heteroatoms. The number of allylic oxidation sites excluding steroid dienone is 2. The molecule has 0 spiro atoms. The molecule has 0 aromatic rings. The molecule has 0 rings (SSSR count). The summed E-state index contributed by atoms with van der Waals surface area (Å²) in [6.07, 6.45) is 3.48. The first-order chi connectivity index (χ1) is 6.99. The first-order valence-electron chi connectivity index (χ1n) is 6.40. The summed E-state index contributed by atoms with van der Waals surface area (Å²) in [5.41, 5.74) is 1.48. The van der Waals surface area contributed by atoms with Gasteiger partial charge in [-0.25, -0.2) is 0 Å². The van der Waals surface area contributed by atoms with E-state index >= 15 is 0 Å². The van der Waals surface area contributed by atoms with Crippen LogP contribution >= 0.6 is 0 Å². The van der Waals surface area contributed by atoms with Crippen LogP contribution in [0.5, 0.6) is 0 Å². The van der Waals surface area contributed by atoms with Gasteiger partial charge in [0.05, 0.1) is 0 Å². The van der Waals surface area contributed by atoms with E-state index in [-0.39, 0.29) is 0 Å². The van der Waals surface area contributed by atoms with Gasteiger partial charge in [-0.05, 0) is 18.3 Å². The summed E-state index contributed by atoms with van der Waals surface area (Å²) in [4.78, 5) is 2.39. The highest BCUT2D eigenvalue weighted by molar-refractivity contribution is 5.02. The summed E-state index contributed by atoms with van der Waals surface area (Å²) in [6.45, 7) is 16.4. The molecular weight excluding hydrogens is 182 g/mol. The molecule has 0 aliphatic carbocycles. The van der Waals surface area contributed by atoms with Gasteiger partial charge in [0.15, 0.2) is 0 Å². The van der Waals surface area contributed by atoms with Gasteiger partial charge >= 0.3 is 0 Å². The minimum atomic E-state index is 0.642. The Morgan fingerprint density at radius 1 is 1.13 bits per heavy atom. The molecule has 15 heavy (non-hydrogen) atoms. The third-order valence-electron chi connectivity index (χ3n) is 2.08. The van der Waals surface area contributed by atoms with Gasteiger partial charge in [0.25, 0.3) is 0 Å². The molecule has 0 amide bonds. The lowest BCUT2D eigenvalue weighted by atomic mass is 10.1. The number of hydrogen-bond acceptors (Lipinski definition) is 1. The van der Waals surface area contributed by atoms with Gasteiger partial charge < -0.3 is 4.90 Å². The first kappa shape index (κ1) is 17.0. The fraction of sp³-hybridized carbons (Fsp3) is 0.857. The minimum absolute atomic E-state index is 0.642. The Balaban J connectivity index is 0. The molecule has 0 bridgehead atoms. The number of nitrogens with zero attached hydrogens (tertiary/aromatic N) is 1. The standard InChI is InChI=1S/C12H25N.C2H6/c1-7-8-12(11(4)5)13(6)9-10(2)3;1-2/h8,10-11H,7,9H2,1-6H3;1-2H3/b12-8-;. The fourth-order valence-corrected chi connectivity index (χ4v) is 1.69. The maximum absolute atomic E-state index is 2.39. The average Bonchev–Trinajstić information content (AvgIpc) is 2.15. The van der Waals surface area contributed by atoms with Crippen LogP contribution in [0.2, 0.25) is 0 Å². The van der Waals surface area contributed by atoms with Gasteiger partial charge in [-0.1, -0.05) is 54.5 Å². The van der Waals surface area contributed by atoms with Crippen molar-refractivity contribution >= 4 is 0 Å². The van der Waals surface area contributed by atoms with Crippen LogP contribution in [0.1, 0.15) is 54.9 Å². The van der Waals surface area contributed by atoms with Crippen molar-refractivity contribution in [2.45, 2.75) is 54.9 Å². The maximum Gasteiger partial charge on any atom is 0.0194 e. The number of hydrogen-bond donors (Lipinski definition) is 0. The van der Waals surface area contributed by atoms with Crippen LogP contribution in [0.4, 0.5) is 0 Å². The molecular formula is C14H31N.